The summed E-state index contributed by atoms with van der Waals surface area (Å²) in [6.07, 6.45) is 2.22. The molecule has 7 heteroatoms. The maximum Gasteiger partial charge on any atom is 0.247 e. The van der Waals surface area contributed by atoms with E-state index in [1.165, 1.54) is 0 Å². The van der Waals surface area contributed by atoms with E-state index in [0.717, 1.165) is 35.2 Å². The Hall–Kier alpha value is -3.84. The van der Waals surface area contributed by atoms with E-state index in [1.54, 1.807) is 17.0 Å². The van der Waals surface area contributed by atoms with Gasteiger partial charge in [0.15, 0.2) is 0 Å². The van der Waals surface area contributed by atoms with E-state index in [-0.39, 0.29) is 36.6 Å². The Morgan fingerprint density at radius 1 is 0.865 bits per heavy atom. The monoisotopic (exact) mass is 499 g/mol. The highest BCUT2D eigenvalue weighted by Gasteiger charge is 2.41. The summed E-state index contributed by atoms with van der Waals surface area (Å²) >= 11 is 0. The summed E-state index contributed by atoms with van der Waals surface area (Å²) in [6, 6.07) is 24.1. The fourth-order valence-electron chi connectivity index (χ4n) is 5.04. The van der Waals surface area contributed by atoms with E-state index < -0.39 is 6.04 Å². The Kier molecular flexibility index (Phi) is 7.42. The van der Waals surface area contributed by atoms with Gasteiger partial charge in [-0.1, -0.05) is 54.6 Å². The van der Waals surface area contributed by atoms with Crippen molar-refractivity contribution < 1.29 is 19.8 Å². The summed E-state index contributed by atoms with van der Waals surface area (Å²) in [7, 11) is 0. The van der Waals surface area contributed by atoms with Crippen LogP contribution in [0.3, 0.4) is 0 Å². The number of phenolic OH excluding ortho intramolecular Hbond substituents is 1. The molecule has 1 aliphatic heterocycles. The lowest BCUT2D eigenvalue weighted by Crippen LogP contribution is -2.61. The van der Waals surface area contributed by atoms with Gasteiger partial charge in [-0.05, 0) is 53.8 Å². The van der Waals surface area contributed by atoms with Gasteiger partial charge in [-0.3, -0.25) is 9.59 Å². The molecule has 1 aliphatic carbocycles. The Labute approximate surface area is 217 Å². The van der Waals surface area contributed by atoms with Crippen molar-refractivity contribution in [1.82, 2.24) is 9.80 Å². The largest absolute Gasteiger partial charge is 0.508 e. The van der Waals surface area contributed by atoms with Crippen molar-refractivity contribution in [2.45, 2.75) is 44.5 Å². The molecule has 1 heterocycles. The van der Waals surface area contributed by atoms with Crippen molar-refractivity contribution >= 4 is 17.5 Å². The first-order chi connectivity index (χ1) is 18.0. The molecule has 37 heavy (non-hydrogen) atoms. The van der Waals surface area contributed by atoms with Crippen molar-refractivity contribution in [1.29, 1.82) is 0 Å². The average Bonchev–Trinajstić information content (AvgIpc) is 3.78. The van der Waals surface area contributed by atoms with E-state index in [1.807, 2.05) is 71.6 Å². The van der Waals surface area contributed by atoms with Crippen LogP contribution in [0.5, 0.6) is 5.75 Å². The van der Waals surface area contributed by atoms with Crippen LogP contribution in [0.4, 0.5) is 5.69 Å². The van der Waals surface area contributed by atoms with Crippen LogP contribution in [0.2, 0.25) is 0 Å². The van der Waals surface area contributed by atoms with Gasteiger partial charge in [-0.25, -0.2) is 0 Å². The molecule has 0 radical (unpaired) electrons. The lowest BCUT2D eigenvalue weighted by molar-refractivity contribution is -0.137. The predicted molar refractivity (Wildman–Crippen MR) is 142 cm³/mol. The average molecular weight is 500 g/mol. The highest BCUT2D eigenvalue weighted by atomic mass is 16.3. The summed E-state index contributed by atoms with van der Waals surface area (Å²) < 4.78 is 0. The van der Waals surface area contributed by atoms with Crippen LogP contribution >= 0.6 is 0 Å². The van der Waals surface area contributed by atoms with Crippen molar-refractivity contribution in [2.24, 2.45) is 0 Å². The zero-order valence-corrected chi connectivity index (χ0v) is 20.9. The summed E-state index contributed by atoms with van der Waals surface area (Å²) in [4.78, 5) is 33.3. The zero-order valence-electron chi connectivity index (χ0n) is 20.9. The number of rotatable bonds is 8. The molecule has 3 aromatic carbocycles. The normalized spacial score (nSPS) is 17.5. The number of aromatic hydroxyl groups is 1. The number of phenols is 1. The second kappa shape index (κ2) is 11.0. The van der Waals surface area contributed by atoms with E-state index in [9.17, 15) is 19.8 Å². The van der Waals surface area contributed by atoms with Gasteiger partial charge in [0, 0.05) is 31.4 Å². The molecule has 7 nitrogen and oxygen atoms in total. The summed E-state index contributed by atoms with van der Waals surface area (Å²) in [5, 5.41) is 19.2. The molecule has 1 saturated heterocycles. The van der Waals surface area contributed by atoms with Gasteiger partial charge in [0.25, 0.3) is 0 Å². The number of carbonyl (C=O) groups is 2. The maximum atomic E-state index is 14.1. The van der Waals surface area contributed by atoms with Crippen molar-refractivity contribution in [3.63, 3.8) is 0 Å². The third kappa shape index (κ3) is 5.94. The number of carbonyl (C=O) groups excluding carboxylic acids is 2. The van der Waals surface area contributed by atoms with Crippen LogP contribution in [-0.2, 0) is 29.2 Å². The summed E-state index contributed by atoms with van der Waals surface area (Å²) in [5.74, 6) is 0.174. The van der Waals surface area contributed by atoms with Gasteiger partial charge in [-0.15, -0.1) is 0 Å². The molecule has 1 saturated carbocycles. The Bertz CT molecular complexity index is 1230. The number of aliphatic hydroxyl groups is 1. The van der Waals surface area contributed by atoms with E-state index in [0.29, 0.717) is 26.2 Å². The molecule has 0 spiro atoms. The number of piperazine rings is 1. The van der Waals surface area contributed by atoms with Crippen LogP contribution < -0.4 is 4.90 Å². The zero-order chi connectivity index (χ0) is 25.8. The third-order valence-electron chi connectivity index (χ3n) is 7.20. The summed E-state index contributed by atoms with van der Waals surface area (Å²) in [6.45, 7) is 1.81. The molecule has 192 valence electrons. The minimum absolute atomic E-state index is 0.0270. The summed E-state index contributed by atoms with van der Waals surface area (Å²) in [5.41, 5.74) is 3.57. The van der Waals surface area contributed by atoms with Crippen LogP contribution in [0.15, 0.2) is 78.9 Å². The number of hydrogen-bond donors (Lipinski definition) is 2. The van der Waals surface area contributed by atoms with Gasteiger partial charge in [0.1, 0.15) is 11.8 Å². The van der Waals surface area contributed by atoms with E-state index >= 15 is 0 Å². The molecular formula is C30H33N3O4. The lowest BCUT2D eigenvalue weighted by Gasteiger charge is -2.43. The smallest absolute Gasteiger partial charge is 0.247 e. The second-order valence-corrected chi connectivity index (χ2v) is 9.90. The molecular weight excluding hydrogens is 466 g/mol. The molecule has 0 aromatic heterocycles. The molecule has 1 atom stereocenters. The molecule has 0 unspecified atom stereocenters. The molecule has 3 aromatic rings. The molecule has 2 N–H and O–H groups in total. The Balaban J connectivity index is 1.38. The van der Waals surface area contributed by atoms with Crippen LogP contribution in [0.25, 0.3) is 0 Å². The molecule has 2 aliphatic rings. The predicted octanol–water partition coefficient (Wildman–Crippen LogP) is 3.34. The molecule has 5 rings (SSSR count). The van der Waals surface area contributed by atoms with Crippen LogP contribution in [0.1, 0.15) is 29.5 Å². The quantitative estimate of drug-likeness (QED) is 0.497. The van der Waals surface area contributed by atoms with Gasteiger partial charge < -0.3 is 24.9 Å². The number of aliphatic hydroxyl groups excluding tert-OH is 1. The SMILES string of the molecule is O=C(Cc1cccc(CO)c1)N1CCN(c2ccc(O)cc2)[C@@H](C(=O)N(Cc2ccccc2)C2CC2)C1. The minimum Gasteiger partial charge on any atom is -0.508 e. The van der Waals surface area contributed by atoms with Crippen molar-refractivity contribution in [2.75, 3.05) is 24.5 Å². The number of hydrogen-bond acceptors (Lipinski definition) is 5. The van der Waals surface area contributed by atoms with Gasteiger partial charge in [0.05, 0.1) is 19.6 Å². The fraction of sp³-hybridized carbons (Fsp3) is 0.333. The minimum atomic E-state index is -0.518. The number of benzene rings is 3. The van der Waals surface area contributed by atoms with Crippen LogP contribution in [-0.4, -0.2) is 63.5 Å². The molecule has 2 fully saturated rings. The van der Waals surface area contributed by atoms with Gasteiger partial charge in [0.2, 0.25) is 11.8 Å². The van der Waals surface area contributed by atoms with E-state index in [2.05, 4.69) is 4.90 Å². The number of amides is 2. The standard InChI is InChI=1S/C30H33N3O4/c34-21-24-8-4-7-23(17-24)18-29(36)31-15-16-32(25-11-13-27(35)14-12-25)28(20-31)30(37)33(26-9-10-26)19-22-5-2-1-3-6-22/h1-8,11-14,17,26,28,34-35H,9-10,15-16,18-21H2/t28-/m1/s1. The van der Waals surface area contributed by atoms with E-state index in [4.69, 9.17) is 0 Å². The number of nitrogens with zero attached hydrogens (tertiary/aromatic N) is 3. The van der Waals surface area contributed by atoms with Crippen molar-refractivity contribution in [3.8, 4) is 5.75 Å². The first-order valence-electron chi connectivity index (χ1n) is 12.9. The third-order valence-corrected chi connectivity index (χ3v) is 7.20. The van der Waals surface area contributed by atoms with Gasteiger partial charge >= 0.3 is 0 Å². The van der Waals surface area contributed by atoms with Gasteiger partial charge in [-0.2, -0.15) is 0 Å². The Morgan fingerprint density at radius 3 is 2.27 bits per heavy atom. The fourth-order valence-corrected chi connectivity index (χ4v) is 5.04. The molecule has 0 bridgehead atoms. The first kappa shape index (κ1) is 24.8. The second-order valence-electron chi connectivity index (χ2n) is 9.90. The number of anilines is 1. The highest BCUT2D eigenvalue weighted by molar-refractivity contribution is 5.88. The topological polar surface area (TPSA) is 84.3 Å². The lowest BCUT2D eigenvalue weighted by atomic mass is 10.0. The Morgan fingerprint density at radius 2 is 1.57 bits per heavy atom. The highest BCUT2D eigenvalue weighted by Crippen LogP contribution is 2.32. The maximum absolute atomic E-state index is 14.1. The van der Waals surface area contributed by atoms with Crippen molar-refractivity contribution in [3.05, 3.63) is 95.6 Å². The first-order valence-corrected chi connectivity index (χ1v) is 12.9. The molecule has 2 amide bonds. The van der Waals surface area contributed by atoms with Crippen LogP contribution in [0, 0.1) is 0 Å².